The van der Waals surface area contributed by atoms with Crippen LogP contribution in [0.2, 0.25) is 0 Å². The fourth-order valence-corrected chi connectivity index (χ4v) is 5.97. The van der Waals surface area contributed by atoms with Crippen LogP contribution in [0, 0.1) is 20.8 Å². The number of benzene rings is 4. The minimum Gasteiger partial charge on any atom is -0.235 e. The lowest BCUT2D eigenvalue weighted by atomic mass is 9.95. The molecule has 0 bridgehead atoms. The summed E-state index contributed by atoms with van der Waals surface area (Å²) in [6, 6.07) is 22.1. The zero-order chi connectivity index (χ0) is 20.4. The number of aryl methyl sites for hydroxylation is 3. The number of fused-ring (bicyclic) bond motifs is 5. The molecule has 3 heteroatoms. The molecular formula is C27H20N2S. The van der Waals surface area contributed by atoms with E-state index in [1.54, 1.807) is 17.7 Å². The lowest BCUT2D eigenvalue weighted by molar-refractivity contribution is 1.23. The third-order valence-corrected chi connectivity index (χ3v) is 7.13. The first-order valence-corrected chi connectivity index (χ1v) is 11.0. The highest BCUT2D eigenvalue weighted by Crippen LogP contribution is 2.40. The van der Waals surface area contributed by atoms with Gasteiger partial charge >= 0.3 is 0 Å². The van der Waals surface area contributed by atoms with Crippen LogP contribution in [0.3, 0.4) is 0 Å². The Morgan fingerprint density at radius 2 is 1.50 bits per heavy atom. The van der Waals surface area contributed by atoms with E-state index in [-0.39, 0.29) is 0 Å². The van der Waals surface area contributed by atoms with Crippen LogP contribution < -0.4 is 0 Å². The van der Waals surface area contributed by atoms with Gasteiger partial charge in [0, 0.05) is 15.6 Å². The molecule has 144 valence electrons. The van der Waals surface area contributed by atoms with Crippen molar-refractivity contribution >= 4 is 53.2 Å². The van der Waals surface area contributed by atoms with Gasteiger partial charge in [-0.3, -0.25) is 0 Å². The molecule has 0 aliphatic rings. The Morgan fingerprint density at radius 1 is 0.733 bits per heavy atom. The van der Waals surface area contributed by atoms with E-state index in [0.717, 1.165) is 21.5 Å². The van der Waals surface area contributed by atoms with Gasteiger partial charge in [-0.1, -0.05) is 42.0 Å². The highest BCUT2D eigenvalue weighted by atomic mass is 32.1. The van der Waals surface area contributed by atoms with Crippen LogP contribution in [0.5, 0.6) is 0 Å². The first kappa shape index (κ1) is 17.5. The van der Waals surface area contributed by atoms with Crippen LogP contribution in [0.15, 0.2) is 67.0 Å². The monoisotopic (exact) mass is 404 g/mol. The van der Waals surface area contributed by atoms with E-state index in [2.05, 4.69) is 86.4 Å². The van der Waals surface area contributed by atoms with Gasteiger partial charge in [-0.15, -0.1) is 11.3 Å². The van der Waals surface area contributed by atoms with Crippen LogP contribution in [0.4, 0.5) is 0 Å². The lowest BCUT2D eigenvalue weighted by Gasteiger charge is -2.11. The molecule has 0 amide bonds. The molecule has 6 rings (SSSR count). The van der Waals surface area contributed by atoms with Gasteiger partial charge in [0.25, 0.3) is 0 Å². The van der Waals surface area contributed by atoms with E-state index in [0.29, 0.717) is 0 Å². The molecule has 0 saturated carbocycles. The van der Waals surface area contributed by atoms with Crippen molar-refractivity contribution in [3.63, 3.8) is 0 Å². The first-order valence-electron chi connectivity index (χ1n) is 10.2. The Kier molecular flexibility index (Phi) is 3.71. The van der Waals surface area contributed by atoms with Gasteiger partial charge in [0.2, 0.25) is 0 Å². The maximum atomic E-state index is 4.73. The topological polar surface area (TPSA) is 25.8 Å². The van der Waals surface area contributed by atoms with Crippen LogP contribution >= 0.6 is 11.3 Å². The van der Waals surface area contributed by atoms with Gasteiger partial charge in [-0.05, 0) is 77.7 Å². The number of nitrogens with zero attached hydrogens (tertiary/aromatic N) is 2. The number of thiophene rings is 1. The molecule has 0 fully saturated rings. The number of hydrogen-bond donors (Lipinski definition) is 0. The van der Waals surface area contributed by atoms with Crippen molar-refractivity contribution in [1.29, 1.82) is 0 Å². The zero-order valence-corrected chi connectivity index (χ0v) is 18.0. The second-order valence-electron chi connectivity index (χ2n) is 8.17. The maximum absolute atomic E-state index is 4.73. The summed E-state index contributed by atoms with van der Waals surface area (Å²) in [4.78, 5) is 9.41. The van der Waals surface area contributed by atoms with Gasteiger partial charge in [0.15, 0.2) is 0 Å². The Labute approximate surface area is 178 Å². The fourth-order valence-electron chi connectivity index (χ4n) is 4.77. The van der Waals surface area contributed by atoms with Crippen molar-refractivity contribution < 1.29 is 0 Å². The molecule has 0 radical (unpaired) electrons. The van der Waals surface area contributed by atoms with E-state index in [9.17, 15) is 0 Å². The molecule has 6 aromatic rings. The average molecular weight is 405 g/mol. The Bertz CT molecular complexity index is 1630. The number of hydrogen-bond acceptors (Lipinski definition) is 3. The third-order valence-electron chi connectivity index (χ3n) is 5.98. The van der Waals surface area contributed by atoms with Crippen LogP contribution in [-0.2, 0) is 0 Å². The molecule has 0 N–H and O–H groups in total. The van der Waals surface area contributed by atoms with Crippen molar-refractivity contribution in [2.45, 2.75) is 20.8 Å². The van der Waals surface area contributed by atoms with Gasteiger partial charge in [-0.25, -0.2) is 9.97 Å². The van der Waals surface area contributed by atoms with Gasteiger partial charge in [0.1, 0.15) is 6.33 Å². The van der Waals surface area contributed by atoms with E-state index in [1.165, 1.54) is 48.3 Å². The third kappa shape index (κ3) is 2.55. The van der Waals surface area contributed by atoms with Gasteiger partial charge in [0.05, 0.1) is 15.9 Å². The fraction of sp³-hybridized carbons (Fsp3) is 0.111. The molecule has 0 aliphatic carbocycles. The standard InChI is InChI=1S/C27H20N2S/c1-15-8-16(2)24-17(3)10-21(11-20(24)9-15)25-27-26(29-14-28-25)22-12-18-6-4-5-7-19(18)13-23(22)30-27/h4-14H,1-3H3. The van der Waals surface area contributed by atoms with Crippen molar-refractivity contribution in [2.75, 3.05) is 0 Å². The molecular weight excluding hydrogens is 384 g/mol. The summed E-state index contributed by atoms with van der Waals surface area (Å²) < 4.78 is 2.42. The Morgan fingerprint density at radius 3 is 2.33 bits per heavy atom. The van der Waals surface area contributed by atoms with E-state index < -0.39 is 0 Å². The largest absolute Gasteiger partial charge is 0.235 e. The van der Waals surface area contributed by atoms with Crippen LogP contribution in [-0.4, -0.2) is 9.97 Å². The van der Waals surface area contributed by atoms with Gasteiger partial charge < -0.3 is 0 Å². The quantitative estimate of drug-likeness (QED) is 0.280. The normalized spacial score (nSPS) is 11.8. The molecule has 0 atom stereocenters. The van der Waals surface area contributed by atoms with E-state index in [4.69, 9.17) is 4.98 Å². The molecule has 2 nitrogen and oxygen atoms in total. The Balaban J connectivity index is 1.67. The SMILES string of the molecule is Cc1cc(C)c2c(C)cc(-c3ncnc4c3sc3cc5ccccc5cc34)cc2c1. The summed E-state index contributed by atoms with van der Waals surface area (Å²) in [6.07, 6.45) is 1.71. The summed E-state index contributed by atoms with van der Waals surface area (Å²) in [7, 11) is 0. The molecule has 0 aliphatic heterocycles. The van der Waals surface area contributed by atoms with Crippen molar-refractivity contribution in [1.82, 2.24) is 9.97 Å². The van der Waals surface area contributed by atoms with Gasteiger partial charge in [-0.2, -0.15) is 0 Å². The summed E-state index contributed by atoms with van der Waals surface area (Å²) >= 11 is 1.79. The first-order chi connectivity index (χ1) is 14.6. The lowest BCUT2D eigenvalue weighted by Crippen LogP contribution is -1.90. The predicted molar refractivity (Wildman–Crippen MR) is 130 cm³/mol. The zero-order valence-electron chi connectivity index (χ0n) is 17.2. The number of rotatable bonds is 1. The molecule has 4 aromatic carbocycles. The van der Waals surface area contributed by atoms with Crippen molar-refractivity contribution in [3.05, 3.63) is 83.7 Å². The highest BCUT2D eigenvalue weighted by molar-refractivity contribution is 7.26. The summed E-state index contributed by atoms with van der Waals surface area (Å²) in [6.45, 7) is 6.56. The minimum atomic E-state index is 1.02. The molecule has 30 heavy (non-hydrogen) atoms. The molecule has 0 spiro atoms. The predicted octanol–water partition coefficient (Wildman–Crippen LogP) is 7.74. The van der Waals surface area contributed by atoms with E-state index in [1.807, 2.05) is 0 Å². The molecule has 0 unspecified atom stereocenters. The summed E-state index contributed by atoms with van der Waals surface area (Å²) in [5, 5.41) is 6.34. The second-order valence-corrected chi connectivity index (χ2v) is 9.22. The highest BCUT2D eigenvalue weighted by Gasteiger charge is 2.15. The molecule has 2 aromatic heterocycles. The maximum Gasteiger partial charge on any atom is 0.116 e. The average Bonchev–Trinajstić information content (AvgIpc) is 3.08. The molecule has 2 heterocycles. The Hall–Kier alpha value is -3.30. The van der Waals surface area contributed by atoms with Crippen molar-refractivity contribution in [2.24, 2.45) is 0 Å². The second kappa shape index (κ2) is 6.35. The van der Waals surface area contributed by atoms with E-state index >= 15 is 0 Å². The smallest absolute Gasteiger partial charge is 0.116 e. The van der Waals surface area contributed by atoms with Crippen molar-refractivity contribution in [3.8, 4) is 11.3 Å². The summed E-state index contributed by atoms with van der Waals surface area (Å²) in [5.74, 6) is 0. The molecule has 0 saturated heterocycles. The van der Waals surface area contributed by atoms with Crippen LogP contribution in [0.25, 0.3) is 53.1 Å². The van der Waals surface area contributed by atoms with Crippen LogP contribution in [0.1, 0.15) is 16.7 Å². The summed E-state index contributed by atoms with van der Waals surface area (Å²) in [5.41, 5.74) is 7.14. The number of aromatic nitrogens is 2. The minimum absolute atomic E-state index is 1.02.